The predicted octanol–water partition coefficient (Wildman–Crippen LogP) is 1.28. The van der Waals surface area contributed by atoms with Crippen LogP contribution < -0.4 is 10.8 Å². The van der Waals surface area contributed by atoms with Crippen LogP contribution in [0.4, 0.5) is 5.95 Å². The molecule has 2 aromatic heterocycles. The number of aromatic amines is 1. The summed E-state index contributed by atoms with van der Waals surface area (Å²) in [5, 5.41) is 18.9. The Morgan fingerprint density at radius 1 is 1.40 bits per heavy atom. The number of carbonyl (C=O) groups excluding carboxylic acids is 1. The maximum Gasteiger partial charge on any atom is 0.310 e. The second-order valence-electron chi connectivity index (χ2n) is 4.11. The van der Waals surface area contributed by atoms with Crippen LogP contribution in [-0.4, -0.2) is 26.3 Å². The fourth-order valence-electron chi connectivity index (χ4n) is 1.85. The number of hydroxylamine groups is 1. The van der Waals surface area contributed by atoms with Crippen LogP contribution in [0.3, 0.4) is 0 Å². The predicted molar refractivity (Wildman–Crippen MR) is 69.2 cm³/mol. The van der Waals surface area contributed by atoms with Crippen LogP contribution in [0, 0.1) is 0 Å². The highest BCUT2D eigenvalue weighted by Gasteiger charge is 2.11. The summed E-state index contributed by atoms with van der Waals surface area (Å²) in [6, 6.07) is 7.09. The van der Waals surface area contributed by atoms with Gasteiger partial charge < -0.3 is 9.73 Å². The monoisotopic (exact) mass is 273 g/mol. The average molecular weight is 273 g/mol. The first-order valence-electron chi connectivity index (χ1n) is 5.82. The van der Waals surface area contributed by atoms with Gasteiger partial charge in [-0.15, -0.1) is 0 Å². The molecule has 0 radical (unpaired) electrons. The van der Waals surface area contributed by atoms with Gasteiger partial charge >= 0.3 is 5.91 Å². The summed E-state index contributed by atoms with van der Waals surface area (Å²) in [5.41, 5.74) is 3.10. The molecule has 0 atom stereocenters. The van der Waals surface area contributed by atoms with Crippen LogP contribution >= 0.6 is 0 Å². The molecule has 102 valence electrons. The van der Waals surface area contributed by atoms with Gasteiger partial charge in [-0.3, -0.25) is 10.0 Å². The Kier molecular flexibility index (Phi) is 3.05. The molecule has 8 nitrogen and oxygen atoms in total. The smallest absolute Gasteiger partial charge is 0.310 e. The highest BCUT2D eigenvalue weighted by atomic mass is 16.5. The van der Waals surface area contributed by atoms with E-state index < -0.39 is 5.91 Å². The summed E-state index contributed by atoms with van der Waals surface area (Å²) in [6.45, 7) is 0.553. The van der Waals surface area contributed by atoms with Gasteiger partial charge in [-0.05, 0) is 23.8 Å². The van der Waals surface area contributed by atoms with Crippen LogP contribution in [0.15, 0.2) is 35.0 Å². The summed E-state index contributed by atoms with van der Waals surface area (Å²) in [4.78, 5) is 15.2. The first-order valence-corrected chi connectivity index (χ1v) is 5.82. The average Bonchev–Trinajstić information content (AvgIpc) is 3.12. The number of benzene rings is 1. The molecule has 0 spiro atoms. The quantitative estimate of drug-likeness (QED) is 0.420. The first kappa shape index (κ1) is 12.2. The number of hydrogen-bond acceptors (Lipinski definition) is 6. The lowest BCUT2D eigenvalue weighted by Gasteiger charge is -2.02. The van der Waals surface area contributed by atoms with E-state index in [-0.39, 0.29) is 5.76 Å². The van der Waals surface area contributed by atoms with Crippen molar-refractivity contribution >= 4 is 22.8 Å². The van der Waals surface area contributed by atoms with E-state index in [4.69, 9.17) is 9.62 Å². The zero-order chi connectivity index (χ0) is 13.9. The molecule has 0 unspecified atom stereocenters. The van der Waals surface area contributed by atoms with E-state index in [9.17, 15) is 4.79 Å². The molecule has 2 heterocycles. The van der Waals surface area contributed by atoms with Gasteiger partial charge in [-0.25, -0.2) is 15.6 Å². The Morgan fingerprint density at radius 3 is 3.05 bits per heavy atom. The topological polar surface area (TPSA) is 116 Å². The third-order valence-corrected chi connectivity index (χ3v) is 2.78. The number of furan rings is 1. The van der Waals surface area contributed by atoms with Crippen LogP contribution in [0.2, 0.25) is 0 Å². The van der Waals surface area contributed by atoms with E-state index in [0.29, 0.717) is 18.1 Å². The van der Waals surface area contributed by atoms with Gasteiger partial charge in [0, 0.05) is 11.9 Å². The van der Waals surface area contributed by atoms with E-state index in [2.05, 4.69) is 20.5 Å². The lowest BCUT2D eigenvalue weighted by molar-refractivity contribution is 0.0678. The minimum absolute atomic E-state index is 0.0582. The normalized spacial score (nSPS) is 10.7. The lowest BCUT2D eigenvalue weighted by Crippen LogP contribution is -2.17. The summed E-state index contributed by atoms with van der Waals surface area (Å²) in [5.74, 6) is -0.0389. The molecule has 3 rings (SSSR count). The van der Waals surface area contributed by atoms with Gasteiger partial charge in [-0.1, -0.05) is 6.07 Å². The Hall–Kier alpha value is -2.87. The zero-order valence-corrected chi connectivity index (χ0v) is 10.3. The van der Waals surface area contributed by atoms with Gasteiger partial charge in [0.15, 0.2) is 5.76 Å². The first-order chi connectivity index (χ1) is 9.76. The molecule has 0 aliphatic heterocycles. The SMILES string of the molecule is O=C(NO)c1cc2cc(CNc3ncn[nH]3)ccc2o1. The molecule has 0 aliphatic carbocycles. The van der Waals surface area contributed by atoms with Gasteiger partial charge in [0.25, 0.3) is 0 Å². The molecule has 0 saturated heterocycles. The number of nitrogens with zero attached hydrogens (tertiary/aromatic N) is 2. The number of fused-ring (bicyclic) bond motifs is 1. The van der Waals surface area contributed by atoms with Crippen LogP contribution in [0.5, 0.6) is 0 Å². The number of hydrogen-bond donors (Lipinski definition) is 4. The zero-order valence-electron chi connectivity index (χ0n) is 10.3. The number of H-pyrrole nitrogens is 1. The molecule has 4 N–H and O–H groups in total. The highest BCUT2D eigenvalue weighted by Crippen LogP contribution is 2.21. The number of carbonyl (C=O) groups is 1. The van der Waals surface area contributed by atoms with Crippen molar-refractivity contribution in [2.75, 3.05) is 5.32 Å². The number of amides is 1. The molecule has 0 fully saturated rings. The highest BCUT2D eigenvalue weighted by molar-refractivity contribution is 5.95. The molecule has 0 aliphatic rings. The van der Waals surface area contributed by atoms with Crippen LogP contribution in [-0.2, 0) is 6.54 Å². The lowest BCUT2D eigenvalue weighted by atomic mass is 10.1. The number of aromatic nitrogens is 3. The Morgan fingerprint density at radius 2 is 2.30 bits per heavy atom. The Bertz CT molecular complexity index is 735. The van der Waals surface area contributed by atoms with Gasteiger partial charge in [0.05, 0.1) is 0 Å². The van der Waals surface area contributed by atoms with E-state index in [1.165, 1.54) is 11.8 Å². The fraction of sp³-hybridized carbons (Fsp3) is 0.0833. The Balaban J connectivity index is 1.81. The van der Waals surface area contributed by atoms with Crippen molar-refractivity contribution in [1.29, 1.82) is 0 Å². The van der Waals surface area contributed by atoms with Crippen LogP contribution in [0.25, 0.3) is 11.0 Å². The molecular formula is C12H11N5O3. The van der Waals surface area contributed by atoms with Gasteiger partial charge in [0.2, 0.25) is 5.95 Å². The minimum atomic E-state index is -0.678. The third kappa shape index (κ3) is 2.31. The summed E-state index contributed by atoms with van der Waals surface area (Å²) in [7, 11) is 0. The van der Waals surface area contributed by atoms with Crippen molar-refractivity contribution in [3.8, 4) is 0 Å². The minimum Gasteiger partial charge on any atom is -0.451 e. The summed E-state index contributed by atoms with van der Waals surface area (Å²) >= 11 is 0. The van der Waals surface area contributed by atoms with Crippen molar-refractivity contribution in [2.45, 2.75) is 6.54 Å². The maximum atomic E-state index is 11.3. The van der Waals surface area contributed by atoms with E-state index in [1.54, 1.807) is 12.1 Å². The van der Waals surface area contributed by atoms with Crippen molar-refractivity contribution in [1.82, 2.24) is 20.7 Å². The van der Waals surface area contributed by atoms with Gasteiger partial charge in [0.1, 0.15) is 11.9 Å². The van der Waals surface area contributed by atoms with E-state index >= 15 is 0 Å². The third-order valence-electron chi connectivity index (χ3n) is 2.78. The summed E-state index contributed by atoms with van der Waals surface area (Å²) in [6.07, 6.45) is 1.42. The largest absolute Gasteiger partial charge is 0.451 e. The molecular weight excluding hydrogens is 262 g/mol. The van der Waals surface area contributed by atoms with E-state index in [0.717, 1.165) is 10.9 Å². The fourth-order valence-corrected chi connectivity index (χ4v) is 1.85. The van der Waals surface area contributed by atoms with Crippen molar-refractivity contribution in [2.24, 2.45) is 0 Å². The van der Waals surface area contributed by atoms with Crippen molar-refractivity contribution in [3.05, 3.63) is 41.9 Å². The number of nitrogens with one attached hydrogen (secondary N) is 3. The van der Waals surface area contributed by atoms with Crippen molar-refractivity contribution in [3.63, 3.8) is 0 Å². The second kappa shape index (κ2) is 5.02. The molecule has 1 amide bonds. The van der Waals surface area contributed by atoms with Gasteiger partial charge in [-0.2, -0.15) is 5.10 Å². The molecule has 3 aromatic rings. The molecule has 1 aromatic carbocycles. The van der Waals surface area contributed by atoms with Crippen molar-refractivity contribution < 1.29 is 14.4 Å². The van der Waals surface area contributed by atoms with Crippen LogP contribution in [0.1, 0.15) is 16.1 Å². The second-order valence-corrected chi connectivity index (χ2v) is 4.11. The standard InChI is InChI=1S/C12H11N5O3/c18-11(17-19)10-4-8-3-7(1-2-9(8)20-10)5-13-12-14-6-15-16-12/h1-4,6,19H,5H2,(H,17,18)(H2,13,14,15,16). The molecule has 0 bridgehead atoms. The summed E-state index contributed by atoms with van der Waals surface area (Å²) < 4.78 is 5.31. The number of rotatable bonds is 4. The molecule has 8 heteroatoms. The molecule has 0 saturated carbocycles. The van der Waals surface area contributed by atoms with E-state index in [1.807, 2.05) is 12.1 Å². The maximum absolute atomic E-state index is 11.3. The Labute approximate surface area is 112 Å². The number of anilines is 1. The molecule has 20 heavy (non-hydrogen) atoms.